The Bertz CT molecular complexity index is 1710. The number of aliphatic imine (C=N–C) groups is 2. The molecular formula is C31H26N6S. The molecule has 6 nitrogen and oxygen atoms in total. The van der Waals surface area contributed by atoms with E-state index < -0.39 is 0 Å². The van der Waals surface area contributed by atoms with Crippen LogP contribution in [0.1, 0.15) is 33.3 Å². The van der Waals surface area contributed by atoms with Gasteiger partial charge in [-0.15, -0.1) is 11.3 Å². The molecule has 7 heteroatoms. The number of anilines is 2. The van der Waals surface area contributed by atoms with Crippen molar-refractivity contribution in [3.05, 3.63) is 118 Å². The summed E-state index contributed by atoms with van der Waals surface area (Å²) in [5.74, 6) is 2.35. The standard InChI is InChI=1S/C31H26N6S/c1-19-16-20(2)18-22(17-19)32-29-31-34-30-27(21(3)35-37(30)23-10-5-4-6-11-23)28(26-14-9-15-38-26)36(31)25-13-8-7-12-24(25)33-29/h4-18,28H,1-3H3,(H,32,33)/t28-/m1/s1. The van der Waals surface area contributed by atoms with Gasteiger partial charge in [0.2, 0.25) is 0 Å². The highest BCUT2D eigenvalue weighted by Gasteiger charge is 2.41. The van der Waals surface area contributed by atoms with Gasteiger partial charge in [-0.1, -0.05) is 42.5 Å². The van der Waals surface area contributed by atoms with Gasteiger partial charge in [0.15, 0.2) is 17.5 Å². The summed E-state index contributed by atoms with van der Waals surface area (Å²) >= 11 is 1.75. The Morgan fingerprint density at radius 1 is 0.816 bits per heavy atom. The van der Waals surface area contributed by atoms with Gasteiger partial charge in [-0.05, 0) is 79.7 Å². The second-order valence-electron chi connectivity index (χ2n) is 9.74. The van der Waals surface area contributed by atoms with Crippen molar-refractivity contribution in [3.8, 4) is 5.69 Å². The Labute approximate surface area is 225 Å². The van der Waals surface area contributed by atoms with E-state index in [1.165, 1.54) is 16.0 Å². The zero-order chi connectivity index (χ0) is 25.8. The number of aromatic nitrogens is 2. The van der Waals surface area contributed by atoms with E-state index in [9.17, 15) is 0 Å². The monoisotopic (exact) mass is 514 g/mol. The molecular weight excluding hydrogens is 488 g/mol. The molecule has 5 aromatic rings. The summed E-state index contributed by atoms with van der Waals surface area (Å²) in [5, 5.41) is 10.7. The molecule has 1 N–H and O–H groups in total. The number of nitrogens with zero attached hydrogens (tertiary/aromatic N) is 5. The minimum absolute atomic E-state index is 0.0809. The maximum atomic E-state index is 5.30. The Morgan fingerprint density at radius 3 is 2.34 bits per heavy atom. The van der Waals surface area contributed by atoms with Gasteiger partial charge in [0.25, 0.3) is 0 Å². The minimum Gasteiger partial charge on any atom is -0.337 e. The molecule has 186 valence electrons. The third-order valence-corrected chi connectivity index (χ3v) is 7.86. The molecule has 2 aromatic heterocycles. The molecule has 0 bridgehead atoms. The molecule has 38 heavy (non-hydrogen) atoms. The van der Waals surface area contributed by atoms with Crippen LogP contribution in [0.2, 0.25) is 0 Å². The second kappa shape index (κ2) is 8.82. The number of nitrogens with one attached hydrogen (secondary N) is 1. The molecule has 0 spiro atoms. The average Bonchev–Trinajstić information content (AvgIpc) is 3.56. The van der Waals surface area contributed by atoms with E-state index in [-0.39, 0.29) is 6.04 Å². The Morgan fingerprint density at radius 2 is 1.58 bits per heavy atom. The number of amidine groups is 2. The molecule has 0 radical (unpaired) electrons. The largest absolute Gasteiger partial charge is 0.337 e. The molecule has 0 fully saturated rings. The number of hydrogen-bond acceptors (Lipinski definition) is 6. The molecule has 2 aliphatic heterocycles. The number of para-hydroxylation sites is 3. The normalized spacial score (nSPS) is 15.8. The minimum atomic E-state index is -0.0809. The van der Waals surface area contributed by atoms with E-state index in [1.807, 2.05) is 28.9 Å². The van der Waals surface area contributed by atoms with Gasteiger partial charge in [0.05, 0.1) is 22.8 Å². The predicted octanol–water partition coefficient (Wildman–Crippen LogP) is 7.65. The smallest absolute Gasteiger partial charge is 0.179 e. The first-order valence-electron chi connectivity index (χ1n) is 12.7. The van der Waals surface area contributed by atoms with E-state index in [4.69, 9.17) is 15.1 Å². The lowest BCUT2D eigenvalue weighted by Gasteiger charge is -2.40. The molecule has 4 heterocycles. The van der Waals surface area contributed by atoms with Crippen LogP contribution in [-0.2, 0) is 0 Å². The van der Waals surface area contributed by atoms with Crippen LogP contribution in [0.15, 0.2) is 100 Å². The van der Waals surface area contributed by atoms with Crippen molar-refractivity contribution in [2.45, 2.75) is 26.8 Å². The Balaban J connectivity index is 1.49. The summed E-state index contributed by atoms with van der Waals surface area (Å²) in [6, 6.07) is 29.2. The summed E-state index contributed by atoms with van der Waals surface area (Å²) in [4.78, 5) is 13.9. The van der Waals surface area contributed by atoms with Crippen molar-refractivity contribution >= 4 is 45.9 Å². The fourth-order valence-corrected chi connectivity index (χ4v) is 6.27. The Hall–Kier alpha value is -4.49. The van der Waals surface area contributed by atoms with Gasteiger partial charge < -0.3 is 10.2 Å². The van der Waals surface area contributed by atoms with Gasteiger partial charge in [0.1, 0.15) is 6.04 Å². The van der Waals surface area contributed by atoms with Crippen molar-refractivity contribution in [2.24, 2.45) is 9.98 Å². The lowest BCUT2D eigenvalue weighted by molar-refractivity contribution is 0.830. The van der Waals surface area contributed by atoms with Crippen LogP contribution in [0.25, 0.3) is 5.69 Å². The molecule has 0 aliphatic carbocycles. The Kier molecular flexibility index (Phi) is 5.26. The van der Waals surface area contributed by atoms with Crippen LogP contribution in [-0.4, -0.2) is 21.5 Å². The zero-order valence-electron chi connectivity index (χ0n) is 21.4. The van der Waals surface area contributed by atoms with Crippen LogP contribution in [0.4, 0.5) is 22.9 Å². The fraction of sp³-hybridized carbons (Fsp3) is 0.129. The van der Waals surface area contributed by atoms with Crippen LogP contribution in [0.3, 0.4) is 0 Å². The molecule has 2 aliphatic rings. The highest BCUT2D eigenvalue weighted by atomic mass is 32.1. The summed E-state index contributed by atoms with van der Waals surface area (Å²) < 4.78 is 1.96. The first-order valence-corrected chi connectivity index (χ1v) is 13.5. The highest BCUT2D eigenvalue weighted by Crippen LogP contribution is 2.49. The van der Waals surface area contributed by atoms with Crippen LogP contribution >= 0.6 is 11.3 Å². The van der Waals surface area contributed by atoms with Crippen molar-refractivity contribution in [1.82, 2.24) is 9.78 Å². The van der Waals surface area contributed by atoms with Crippen molar-refractivity contribution in [1.29, 1.82) is 0 Å². The predicted molar refractivity (Wildman–Crippen MR) is 157 cm³/mol. The van der Waals surface area contributed by atoms with Crippen LogP contribution in [0, 0.1) is 20.8 Å². The van der Waals surface area contributed by atoms with E-state index in [0.717, 1.165) is 51.5 Å². The maximum Gasteiger partial charge on any atom is 0.179 e. The number of hydrogen-bond donors (Lipinski definition) is 1. The quantitative estimate of drug-likeness (QED) is 0.269. The van der Waals surface area contributed by atoms with Gasteiger partial charge >= 0.3 is 0 Å². The van der Waals surface area contributed by atoms with Crippen LogP contribution < -0.4 is 10.2 Å². The van der Waals surface area contributed by atoms with E-state index in [2.05, 4.69) is 97.0 Å². The summed E-state index contributed by atoms with van der Waals surface area (Å²) in [7, 11) is 0. The topological polar surface area (TPSA) is 57.8 Å². The van der Waals surface area contributed by atoms with E-state index in [0.29, 0.717) is 0 Å². The van der Waals surface area contributed by atoms with Gasteiger partial charge in [-0.2, -0.15) is 5.10 Å². The SMILES string of the molecule is Cc1cc(C)cc(NC2=Nc3ccccc3N3C2=Nc2c(c(C)nn2-c2ccccc2)[C@H]3c2cccs2)c1. The van der Waals surface area contributed by atoms with Crippen molar-refractivity contribution in [3.63, 3.8) is 0 Å². The van der Waals surface area contributed by atoms with Gasteiger partial charge in [-0.3, -0.25) is 0 Å². The van der Waals surface area contributed by atoms with Crippen molar-refractivity contribution < 1.29 is 0 Å². The second-order valence-corrected chi connectivity index (χ2v) is 10.7. The zero-order valence-corrected chi connectivity index (χ0v) is 22.2. The number of fused-ring (bicyclic) bond motifs is 4. The number of rotatable bonds is 3. The van der Waals surface area contributed by atoms with E-state index >= 15 is 0 Å². The molecule has 0 unspecified atom stereocenters. The maximum absolute atomic E-state index is 5.30. The summed E-state index contributed by atoms with van der Waals surface area (Å²) in [6.45, 7) is 6.31. The number of aryl methyl sites for hydroxylation is 3. The fourth-order valence-electron chi connectivity index (χ4n) is 5.45. The van der Waals surface area contributed by atoms with Crippen molar-refractivity contribution in [2.75, 3.05) is 10.2 Å². The molecule has 1 atom stereocenters. The first kappa shape index (κ1) is 22.7. The van der Waals surface area contributed by atoms with Gasteiger partial charge in [0, 0.05) is 16.1 Å². The highest BCUT2D eigenvalue weighted by molar-refractivity contribution is 7.10. The summed E-state index contributed by atoms with van der Waals surface area (Å²) in [6.07, 6.45) is 0. The van der Waals surface area contributed by atoms with E-state index in [1.54, 1.807) is 11.3 Å². The summed E-state index contributed by atoms with van der Waals surface area (Å²) in [5.41, 5.74) is 8.40. The third kappa shape index (κ3) is 3.66. The lowest BCUT2D eigenvalue weighted by atomic mass is 9.98. The first-order chi connectivity index (χ1) is 18.6. The molecule has 0 saturated heterocycles. The average molecular weight is 515 g/mol. The van der Waals surface area contributed by atoms with Gasteiger partial charge in [-0.25, -0.2) is 14.7 Å². The number of thiophene rings is 1. The molecule has 7 rings (SSSR count). The molecule has 0 saturated carbocycles. The number of benzene rings is 3. The molecule has 0 amide bonds. The van der Waals surface area contributed by atoms with Crippen LogP contribution in [0.5, 0.6) is 0 Å². The lowest BCUT2D eigenvalue weighted by Crippen LogP contribution is -2.46. The molecule has 3 aromatic carbocycles. The third-order valence-electron chi connectivity index (χ3n) is 6.94.